The Kier molecular flexibility index (Phi) is 3.56. The minimum absolute atomic E-state index is 0.126. The van der Waals surface area contributed by atoms with Gasteiger partial charge in [0.2, 0.25) is 5.91 Å². The van der Waals surface area contributed by atoms with Crippen LogP contribution >= 0.6 is 0 Å². The Morgan fingerprint density at radius 3 is 2.59 bits per heavy atom. The van der Waals surface area contributed by atoms with Gasteiger partial charge in [-0.15, -0.1) is 0 Å². The van der Waals surface area contributed by atoms with E-state index in [0.717, 1.165) is 17.2 Å². The van der Waals surface area contributed by atoms with E-state index >= 15 is 0 Å². The molecular weight excluding hydrogens is 288 g/mol. The Balaban J connectivity index is 2.16. The fraction of sp³-hybridized carbons (Fsp3) is 0.235. The van der Waals surface area contributed by atoms with Crippen LogP contribution in [0, 0.1) is 18.6 Å². The van der Waals surface area contributed by atoms with E-state index in [4.69, 9.17) is 4.74 Å². The number of fused-ring (bicyclic) bond motifs is 1. The second-order valence-corrected chi connectivity index (χ2v) is 5.33. The molecular formula is C17H15F2NO2. The molecule has 2 aromatic carbocycles. The highest BCUT2D eigenvalue weighted by Crippen LogP contribution is 2.42. The molecule has 2 aromatic rings. The van der Waals surface area contributed by atoms with Crippen LogP contribution in [0.25, 0.3) is 0 Å². The summed E-state index contributed by atoms with van der Waals surface area (Å²) in [6.07, 6.45) is 0.126. The topological polar surface area (TPSA) is 38.3 Å². The Morgan fingerprint density at radius 2 is 1.91 bits per heavy atom. The highest BCUT2D eigenvalue weighted by Gasteiger charge is 2.30. The van der Waals surface area contributed by atoms with Crippen LogP contribution in [0.3, 0.4) is 0 Å². The first-order valence-corrected chi connectivity index (χ1v) is 6.93. The van der Waals surface area contributed by atoms with Crippen molar-refractivity contribution in [2.75, 3.05) is 12.4 Å². The van der Waals surface area contributed by atoms with Gasteiger partial charge in [-0.25, -0.2) is 8.78 Å². The number of nitrogens with one attached hydrogen (secondary N) is 1. The summed E-state index contributed by atoms with van der Waals surface area (Å²) < 4.78 is 32.5. The number of anilines is 1. The molecule has 114 valence electrons. The molecule has 22 heavy (non-hydrogen) atoms. The molecule has 0 fully saturated rings. The van der Waals surface area contributed by atoms with Gasteiger partial charge in [0.15, 0.2) is 0 Å². The van der Waals surface area contributed by atoms with Crippen molar-refractivity contribution in [2.24, 2.45) is 0 Å². The van der Waals surface area contributed by atoms with Crippen LogP contribution in [-0.4, -0.2) is 13.0 Å². The van der Waals surface area contributed by atoms with Gasteiger partial charge in [-0.05, 0) is 30.2 Å². The molecule has 3 rings (SSSR count). The smallest absolute Gasteiger partial charge is 0.225 e. The maximum Gasteiger partial charge on any atom is 0.225 e. The number of amides is 1. The molecule has 0 spiro atoms. The third-order valence-electron chi connectivity index (χ3n) is 4.03. The number of benzene rings is 2. The highest BCUT2D eigenvalue weighted by molar-refractivity contribution is 5.96. The molecule has 0 aliphatic carbocycles. The quantitative estimate of drug-likeness (QED) is 0.917. The molecule has 0 bridgehead atoms. The summed E-state index contributed by atoms with van der Waals surface area (Å²) in [4.78, 5) is 12.0. The van der Waals surface area contributed by atoms with Gasteiger partial charge in [0, 0.05) is 24.0 Å². The second-order valence-electron chi connectivity index (χ2n) is 5.33. The Bertz CT molecular complexity index is 759. The number of hydrogen-bond acceptors (Lipinski definition) is 2. The fourth-order valence-electron chi connectivity index (χ4n) is 2.94. The van der Waals surface area contributed by atoms with E-state index in [2.05, 4.69) is 5.32 Å². The van der Waals surface area contributed by atoms with E-state index < -0.39 is 17.6 Å². The first kappa shape index (κ1) is 14.5. The lowest BCUT2D eigenvalue weighted by Gasteiger charge is -2.28. The Hall–Kier alpha value is -2.43. The van der Waals surface area contributed by atoms with Gasteiger partial charge in [0.25, 0.3) is 0 Å². The van der Waals surface area contributed by atoms with Crippen molar-refractivity contribution < 1.29 is 18.3 Å². The molecule has 5 heteroatoms. The molecule has 0 saturated heterocycles. The first-order chi connectivity index (χ1) is 10.5. The largest absolute Gasteiger partial charge is 0.496 e. The zero-order chi connectivity index (χ0) is 15.9. The normalized spacial score (nSPS) is 16.9. The molecule has 3 nitrogen and oxygen atoms in total. The van der Waals surface area contributed by atoms with Gasteiger partial charge in [-0.1, -0.05) is 12.1 Å². The van der Waals surface area contributed by atoms with Crippen LogP contribution in [0.5, 0.6) is 5.75 Å². The lowest BCUT2D eigenvalue weighted by molar-refractivity contribution is -0.116. The van der Waals surface area contributed by atoms with Gasteiger partial charge in [0.05, 0.1) is 12.8 Å². The van der Waals surface area contributed by atoms with Gasteiger partial charge in [-0.3, -0.25) is 4.79 Å². The molecule has 1 aliphatic heterocycles. The molecule has 1 heterocycles. The third-order valence-corrected chi connectivity index (χ3v) is 4.03. The lowest BCUT2D eigenvalue weighted by atomic mass is 9.83. The molecule has 0 aromatic heterocycles. The van der Waals surface area contributed by atoms with E-state index in [9.17, 15) is 13.6 Å². The highest BCUT2D eigenvalue weighted by atomic mass is 19.1. The number of carbonyl (C=O) groups is 1. The summed E-state index contributed by atoms with van der Waals surface area (Å²) in [5.74, 6) is -1.25. The van der Waals surface area contributed by atoms with Crippen molar-refractivity contribution in [1.82, 2.24) is 0 Å². The third kappa shape index (κ3) is 2.32. The minimum atomic E-state index is -0.640. The van der Waals surface area contributed by atoms with Crippen LogP contribution in [0.1, 0.15) is 29.0 Å². The van der Waals surface area contributed by atoms with Crippen molar-refractivity contribution in [1.29, 1.82) is 0 Å². The van der Waals surface area contributed by atoms with Gasteiger partial charge in [-0.2, -0.15) is 0 Å². The number of methoxy groups -OCH3 is 1. The molecule has 0 radical (unpaired) electrons. The van der Waals surface area contributed by atoms with Crippen LogP contribution in [0.2, 0.25) is 0 Å². The summed E-state index contributed by atoms with van der Waals surface area (Å²) in [5.41, 5.74) is 2.57. The van der Waals surface area contributed by atoms with E-state index in [0.29, 0.717) is 17.0 Å². The number of hydrogen-bond donors (Lipinski definition) is 1. The summed E-state index contributed by atoms with van der Waals surface area (Å²) in [5, 5.41) is 2.82. The van der Waals surface area contributed by atoms with Gasteiger partial charge >= 0.3 is 0 Å². The van der Waals surface area contributed by atoms with Crippen molar-refractivity contribution in [3.05, 3.63) is 58.7 Å². The number of halogens is 2. The predicted molar refractivity (Wildman–Crippen MR) is 79.2 cm³/mol. The van der Waals surface area contributed by atoms with E-state index in [1.807, 2.05) is 13.0 Å². The fourth-order valence-corrected chi connectivity index (χ4v) is 2.94. The van der Waals surface area contributed by atoms with Crippen molar-refractivity contribution in [3.63, 3.8) is 0 Å². The molecule has 1 N–H and O–H groups in total. The van der Waals surface area contributed by atoms with Crippen molar-refractivity contribution >= 4 is 11.6 Å². The van der Waals surface area contributed by atoms with E-state index in [1.165, 1.54) is 12.1 Å². The molecule has 1 atom stereocenters. The lowest BCUT2D eigenvalue weighted by Crippen LogP contribution is -2.25. The Morgan fingerprint density at radius 1 is 1.18 bits per heavy atom. The average molecular weight is 303 g/mol. The van der Waals surface area contributed by atoms with Gasteiger partial charge in [0.1, 0.15) is 17.4 Å². The summed E-state index contributed by atoms with van der Waals surface area (Å²) in [7, 11) is 1.55. The summed E-state index contributed by atoms with van der Waals surface area (Å²) in [6.45, 7) is 1.83. The number of carbonyl (C=O) groups excluding carboxylic acids is 1. The van der Waals surface area contributed by atoms with Crippen molar-refractivity contribution in [2.45, 2.75) is 19.3 Å². The molecule has 1 amide bonds. The number of ether oxygens (including phenoxy) is 1. The van der Waals surface area contributed by atoms with Crippen LogP contribution in [-0.2, 0) is 4.79 Å². The predicted octanol–water partition coefficient (Wildman–Crippen LogP) is 3.76. The maximum atomic E-state index is 14.1. The molecule has 1 aliphatic rings. The van der Waals surface area contributed by atoms with E-state index in [-0.39, 0.29) is 12.3 Å². The monoisotopic (exact) mass is 303 g/mol. The summed E-state index contributed by atoms with van der Waals surface area (Å²) in [6, 6.07) is 7.06. The van der Waals surface area contributed by atoms with Gasteiger partial charge < -0.3 is 10.1 Å². The standard InChI is InChI=1S/C17H15F2NO2/c1-9-15(22-2)6-5-12-13(8-16(21)20-17(9)12)11-4-3-10(18)7-14(11)19/h3-7,13H,8H2,1-2H3,(H,20,21). The first-order valence-electron chi connectivity index (χ1n) is 6.93. The summed E-state index contributed by atoms with van der Waals surface area (Å²) >= 11 is 0. The second kappa shape index (κ2) is 5.40. The SMILES string of the molecule is COc1ccc2c(c1C)NC(=O)CC2c1ccc(F)cc1F. The van der Waals surface area contributed by atoms with Crippen LogP contribution < -0.4 is 10.1 Å². The zero-order valence-electron chi connectivity index (χ0n) is 12.2. The molecule has 0 saturated carbocycles. The van der Waals surface area contributed by atoms with Crippen LogP contribution in [0.15, 0.2) is 30.3 Å². The Labute approximate surface area is 126 Å². The van der Waals surface area contributed by atoms with E-state index in [1.54, 1.807) is 13.2 Å². The van der Waals surface area contributed by atoms with Crippen LogP contribution in [0.4, 0.5) is 14.5 Å². The zero-order valence-corrected chi connectivity index (χ0v) is 12.2. The minimum Gasteiger partial charge on any atom is -0.496 e. The number of rotatable bonds is 2. The van der Waals surface area contributed by atoms with Crippen molar-refractivity contribution in [3.8, 4) is 5.75 Å². The average Bonchev–Trinajstić information content (AvgIpc) is 2.48. The molecule has 1 unspecified atom stereocenters. The maximum absolute atomic E-state index is 14.1.